The number of nitrogens with zero attached hydrogens (tertiary/aromatic N) is 1. The summed E-state index contributed by atoms with van der Waals surface area (Å²) >= 11 is 12.5. The zero-order valence-corrected chi connectivity index (χ0v) is 18.9. The molecule has 2 aromatic carbocycles. The Kier molecular flexibility index (Phi) is 6.50. The molecule has 7 nitrogen and oxygen atoms in total. The van der Waals surface area contributed by atoms with Crippen LogP contribution in [0.3, 0.4) is 0 Å². The van der Waals surface area contributed by atoms with Crippen LogP contribution < -0.4 is 19.9 Å². The topological polar surface area (TPSA) is 108 Å². The molecule has 0 fully saturated rings. The lowest BCUT2D eigenvalue weighted by Gasteiger charge is -2.25. The Morgan fingerprint density at radius 1 is 1.21 bits per heavy atom. The van der Waals surface area contributed by atoms with Gasteiger partial charge in [-0.15, -0.1) is 0 Å². The van der Waals surface area contributed by atoms with E-state index in [4.69, 9.17) is 47.6 Å². The number of nitriles is 1. The number of fused-ring (bicyclic) bond motifs is 1. The fraction of sp³-hybridized carbons (Fsp3) is 0.167. The molecule has 0 saturated carbocycles. The molecule has 3 aromatic rings. The van der Waals surface area contributed by atoms with Crippen molar-refractivity contribution in [1.29, 1.82) is 5.26 Å². The maximum atomic E-state index is 12.7. The third-order valence-electron chi connectivity index (χ3n) is 4.91. The molecule has 1 atom stereocenters. The summed E-state index contributed by atoms with van der Waals surface area (Å²) in [6.45, 7) is 2.40. The van der Waals surface area contributed by atoms with Crippen molar-refractivity contribution in [3.05, 3.63) is 87.1 Å². The van der Waals surface area contributed by atoms with Gasteiger partial charge in [-0.05, 0) is 36.8 Å². The van der Waals surface area contributed by atoms with Crippen LogP contribution in [0, 0.1) is 11.3 Å². The molecule has 2 N–H and O–H groups in total. The summed E-state index contributed by atoms with van der Waals surface area (Å²) in [5.74, 6) is 0.168. The molecular weight excluding hydrogens is 467 g/mol. The van der Waals surface area contributed by atoms with Crippen molar-refractivity contribution in [2.45, 2.75) is 19.3 Å². The molecule has 2 heterocycles. The number of carbonyl (C=O) groups excluding carboxylic acids is 1. The number of halogens is 2. The lowest BCUT2D eigenvalue weighted by Crippen LogP contribution is -2.21. The summed E-state index contributed by atoms with van der Waals surface area (Å²) in [4.78, 5) is 12.7. The molecule has 1 aliphatic heterocycles. The number of hydrogen-bond acceptors (Lipinski definition) is 7. The van der Waals surface area contributed by atoms with Gasteiger partial charge in [-0.25, -0.2) is 4.79 Å². The number of carbonyl (C=O) groups is 1. The highest BCUT2D eigenvalue weighted by Crippen LogP contribution is 2.43. The quantitative estimate of drug-likeness (QED) is 0.347. The minimum absolute atomic E-state index is 0.0453. The highest BCUT2D eigenvalue weighted by molar-refractivity contribution is 6.37. The van der Waals surface area contributed by atoms with E-state index in [9.17, 15) is 10.1 Å². The van der Waals surface area contributed by atoms with Gasteiger partial charge in [0.25, 0.3) is 0 Å². The molecule has 1 aromatic heterocycles. The Morgan fingerprint density at radius 2 is 1.97 bits per heavy atom. The summed E-state index contributed by atoms with van der Waals surface area (Å²) in [5.41, 5.74) is 7.01. The molecule has 4 rings (SSSR count). The molecule has 0 amide bonds. The lowest BCUT2D eigenvalue weighted by atomic mass is 9.87. The number of hydrogen-bond donors (Lipinski definition) is 1. The van der Waals surface area contributed by atoms with Crippen molar-refractivity contribution in [2.24, 2.45) is 5.73 Å². The van der Waals surface area contributed by atoms with E-state index in [1.807, 2.05) is 6.92 Å². The minimum Gasteiger partial charge on any atom is -0.490 e. The average molecular weight is 485 g/mol. The predicted octanol–water partition coefficient (Wildman–Crippen LogP) is 5.81. The van der Waals surface area contributed by atoms with Gasteiger partial charge < -0.3 is 24.4 Å². The number of benzene rings is 2. The molecule has 33 heavy (non-hydrogen) atoms. The monoisotopic (exact) mass is 484 g/mol. The van der Waals surface area contributed by atoms with Crippen LogP contribution >= 0.6 is 23.2 Å². The average Bonchev–Trinajstić information content (AvgIpc) is 3.32. The van der Waals surface area contributed by atoms with Gasteiger partial charge in [0.2, 0.25) is 5.88 Å². The first-order chi connectivity index (χ1) is 15.9. The maximum absolute atomic E-state index is 12.7. The van der Waals surface area contributed by atoms with Crippen molar-refractivity contribution < 1.29 is 23.4 Å². The van der Waals surface area contributed by atoms with Crippen molar-refractivity contribution in [2.75, 3.05) is 6.61 Å². The van der Waals surface area contributed by atoms with Gasteiger partial charge in [-0.1, -0.05) is 36.2 Å². The van der Waals surface area contributed by atoms with E-state index in [0.29, 0.717) is 29.4 Å². The summed E-state index contributed by atoms with van der Waals surface area (Å²) in [5, 5.41) is 9.97. The highest BCUT2D eigenvalue weighted by atomic mass is 35.5. The van der Waals surface area contributed by atoms with Gasteiger partial charge in [-0.3, -0.25) is 0 Å². The minimum atomic E-state index is -0.666. The standard InChI is InChI=1S/C24H18Cl2N2O5/c1-2-7-31-22-17(25)9-13(10-18(22)26)24(29)32-14-5-6-15-20(11-14)33-23(28)16(12-27)21(15)19-4-3-8-30-19/h3-6,8-11,21H,2,7,28H2,1H3. The summed E-state index contributed by atoms with van der Waals surface area (Å²) in [7, 11) is 0. The summed E-state index contributed by atoms with van der Waals surface area (Å²) in [6.07, 6.45) is 2.30. The Hall–Kier alpha value is -3.60. The molecule has 9 heteroatoms. The van der Waals surface area contributed by atoms with E-state index in [1.165, 1.54) is 24.5 Å². The fourth-order valence-electron chi connectivity index (χ4n) is 3.43. The smallest absolute Gasteiger partial charge is 0.343 e. The number of furan rings is 1. The molecular formula is C24H18Cl2N2O5. The van der Waals surface area contributed by atoms with E-state index in [-0.39, 0.29) is 32.8 Å². The van der Waals surface area contributed by atoms with Gasteiger partial charge in [0.1, 0.15) is 28.9 Å². The Balaban J connectivity index is 1.60. The van der Waals surface area contributed by atoms with Crippen LogP contribution in [0.2, 0.25) is 10.0 Å². The molecule has 0 radical (unpaired) electrons. The molecule has 0 saturated heterocycles. The van der Waals surface area contributed by atoms with Crippen LogP contribution in [0.25, 0.3) is 0 Å². The van der Waals surface area contributed by atoms with Gasteiger partial charge in [-0.2, -0.15) is 5.26 Å². The first-order valence-corrected chi connectivity index (χ1v) is 10.8. The van der Waals surface area contributed by atoms with Crippen LogP contribution in [0.15, 0.2) is 64.6 Å². The molecule has 168 valence electrons. The van der Waals surface area contributed by atoms with Gasteiger partial charge in [0.15, 0.2) is 5.75 Å². The first-order valence-electron chi connectivity index (χ1n) is 10.0. The molecule has 0 spiro atoms. The number of rotatable bonds is 6. The fourth-order valence-corrected chi connectivity index (χ4v) is 4.03. The molecule has 1 unspecified atom stereocenters. The Morgan fingerprint density at radius 3 is 2.61 bits per heavy atom. The van der Waals surface area contributed by atoms with Crippen LogP contribution in [0.4, 0.5) is 0 Å². The van der Waals surface area contributed by atoms with E-state index in [1.54, 1.807) is 24.3 Å². The van der Waals surface area contributed by atoms with Gasteiger partial charge >= 0.3 is 5.97 Å². The highest BCUT2D eigenvalue weighted by Gasteiger charge is 2.33. The van der Waals surface area contributed by atoms with E-state index >= 15 is 0 Å². The number of allylic oxidation sites excluding steroid dienone is 1. The van der Waals surface area contributed by atoms with Gasteiger partial charge in [0.05, 0.1) is 34.4 Å². The predicted molar refractivity (Wildman–Crippen MR) is 122 cm³/mol. The van der Waals surface area contributed by atoms with E-state index in [2.05, 4.69) is 6.07 Å². The van der Waals surface area contributed by atoms with E-state index in [0.717, 1.165) is 6.42 Å². The maximum Gasteiger partial charge on any atom is 0.343 e. The van der Waals surface area contributed by atoms with Gasteiger partial charge in [0, 0.05) is 11.6 Å². The zero-order chi connectivity index (χ0) is 23.5. The van der Waals surface area contributed by atoms with Crippen molar-refractivity contribution >= 4 is 29.2 Å². The third kappa shape index (κ3) is 4.49. The summed E-state index contributed by atoms with van der Waals surface area (Å²) in [6, 6.07) is 13.2. The Bertz CT molecular complexity index is 1260. The van der Waals surface area contributed by atoms with Crippen LogP contribution in [0.1, 0.15) is 40.9 Å². The van der Waals surface area contributed by atoms with E-state index < -0.39 is 11.9 Å². The number of esters is 1. The normalized spacial score (nSPS) is 14.8. The number of ether oxygens (including phenoxy) is 3. The van der Waals surface area contributed by atoms with Crippen LogP contribution in [0.5, 0.6) is 17.2 Å². The summed E-state index contributed by atoms with van der Waals surface area (Å²) < 4.78 is 22.1. The largest absolute Gasteiger partial charge is 0.490 e. The second-order valence-electron chi connectivity index (χ2n) is 7.15. The van der Waals surface area contributed by atoms with Crippen LogP contribution in [-0.2, 0) is 0 Å². The SMILES string of the molecule is CCCOc1c(Cl)cc(C(=O)Oc2ccc3c(c2)OC(N)=C(C#N)C3c2ccco2)cc1Cl. The third-order valence-corrected chi connectivity index (χ3v) is 5.47. The van der Waals surface area contributed by atoms with Crippen LogP contribution in [-0.4, -0.2) is 12.6 Å². The molecule has 0 bridgehead atoms. The van der Waals surface area contributed by atoms with Crippen molar-refractivity contribution in [3.63, 3.8) is 0 Å². The second-order valence-corrected chi connectivity index (χ2v) is 7.96. The number of nitrogens with two attached hydrogens (primary N) is 1. The zero-order valence-electron chi connectivity index (χ0n) is 17.4. The Labute approximate surface area is 199 Å². The second kappa shape index (κ2) is 9.49. The molecule has 1 aliphatic rings. The van der Waals surface area contributed by atoms with Crippen molar-refractivity contribution in [3.8, 4) is 23.3 Å². The first kappa shape index (κ1) is 22.6. The van der Waals surface area contributed by atoms with Crippen molar-refractivity contribution in [1.82, 2.24) is 0 Å². The molecule has 0 aliphatic carbocycles. The lowest BCUT2D eigenvalue weighted by molar-refractivity contribution is 0.0734.